The van der Waals surface area contributed by atoms with Gasteiger partial charge in [-0.3, -0.25) is 4.79 Å². The molecule has 2 rings (SSSR count). The van der Waals surface area contributed by atoms with E-state index in [4.69, 9.17) is 5.11 Å². The Morgan fingerprint density at radius 1 is 1.11 bits per heavy atom. The summed E-state index contributed by atoms with van der Waals surface area (Å²) >= 11 is 1.46. The molecular formula is C15H12O3S. The van der Waals surface area contributed by atoms with E-state index in [2.05, 4.69) is 0 Å². The number of hydrogen-bond donors (Lipinski definition) is 1. The normalized spacial score (nSPS) is 10.1. The largest absolute Gasteiger partial charge is 0.478 e. The Labute approximate surface area is 115 Å². The number of rotatable bonds is 5. The van der Waals surface area contributed by atoms with Crippen molar-refractivity contribution in [3.05, 3.63) is 65.2 Å². The molecule has 2 aromatic rings. The first kappa shape index (κ1) is 13.4. The van der Waals surface area contributed by atoms with Crippen LogP contribution in [0, 0.1) is 0 Å². The third kappa shape index (κ3) is 3.23. The topological polar surface area (TPSA) is 54.4 Å². The number of hydrogen-bond acceptors (Lipinski definition) is 3. The molecule has 0 heterocycles. The number of aromatic carboxylic acids is 1. The minimum atomic E-state index is -0.931. The molecule has 19 heavy (non-hydrogen) atoms. The predicted molar refractivity (Wildman–Crippen MR) is 74.8 cm³/mol. The van der Waals surface area contributed by atoms with Gasteiger partial charge in [-0.25, -0.2) is 4.79 Å². The van der Waals surface area contributed by atoms with Gasteiger partial charge >= 0.3 is 5.97 Å². The van der Waals surface area contributed by atoms with Crippen LogP contribution in [0.2, 0.25) is 0 Å². The molecule has 0 atom stereocenters. The van der Waals surface area contributed by atoms with Gasteiger partial charge in [-0.05, 0) is 17.7 Å². The lowest BCUT2D eigenvalue weighted by Crippen LogP contribution is -2.01. The number of carbonyl (C=O) groups excluding carboxylic acids is 1. The maximum absolute atomic E-state index is 11.1. The number of carboxylic acids is 1. The highest BCUT2D eigenvalue weighted by Crippen LogP contribution is 2.26. The van der Waals surface area contributed by atoms with Crippen LogP contribution in [-0.2, 0) is 5.75 Å². The Morgan fingerprint density at radius 2 is 1.79 bits per heavy atom. The number of benzene rings is 2. The van der Waals surface area contributed by atoms with Gasteiger partial charge in [-0.15, -0.1) is 11.8 Å². The lowest BCUT2D eigenvalue weighted by molar-refractivity contribution is 0.0696. The number of carboxylic acid groups (broad SMARTS) is 1. The molecule has 1 N–H and O–H groups in total. The lowest BCUT2D eigenvalue weighted by Gasteiger charge is -2.07. The van der Waals surface area contributed by atoms with Crippen LogP contribution in [0.4, 0.5) is 0 Å². The molecule has 0 radical (unpaired) electrons. The summed E-state index contributed by atoms with van der Waals surface area (Å²) in [6.07, 6.45) is 0.811. The quantitative estimate of drug-likeness (QED) is 0.668. The molecular weight excluding hydrogens is 260 g/mol. The molecule has 0 spiro atoms. The van der Waals surface area contributed by atoms with E-state index in [9.17, 15) is 9.59 Å². The van der Waals surface area contributed by atoms with Crippen LogP contribution in [0.5, 0.6) is 0 Å². The van der Waals surface area contributed by atoms with Gasteiger partial charge in [-0.2, -0.15) is 0 Å². The maximum Gasteiger partial charge on any atom is 0.335 e. The molecule has 2 aromatic carbocycles. The van der Waals surface area contributed by atoms with E-state index in [1.807, 2.05) is 18.2 Å². The Bertz CT molecular complexity index is 608. The molecule has 0 aliphatic carbocycles. The number of thioether (sulfide) groups is 1. The van der Waals surface area contributed by atoms with Crippen molar-refractivity contribution >= 4 is 24.0 Å². The van der Waals surface area contributed by atoms with E-state index in [0.717, 1.165) is 16.7 Å². The third-order valence-electron chi connectivity index (χ3n) is 2.68. The fourth-order valence-corrected chi connectivity index (χ4v) is 2.74. The Balaban J connectivity index is 2.19. The number of aldehydes is 1. The first-order chi connectivity index (χ1) is 9.22. The van der Waals surface area contributed by atoms with Crippen molar-refractivity contribution in [1.82, 2.24) is 0 Å². The molecule has 0 fully saturated rings. The summed E-state index contributed by atoms with van der Waals surface area (Å²) in [5.41, 5.74) is 1.68. The lowest BCUT2D eigenvalue weighted by atomic mass is 10.1. The summed E-state index contributed by atoms with van der Waals surface area (Å²) in [6, 6.07) is 14.2. The minimum Gasteiger partial charge on any atom is -0.478 e. The first-order valence-electron chi connectivity index (χ1n) is 5.70. The Hall–Kier alpha value is -2.07. The van der Waals surface area contributed by atoms with Crippen molar-refractivity contribution in [1.29, 1.82) is 0 Å². The van der Waals surface area contributed by atoms with Crippen LogP contribution in [0.1, 0.15) is 26.3 Å². The summed E-state index contributed by atoms with van der Waals surface area (Å²) in [5.74, 6) is -0.410. The van der Waals surface area contributed by atoms with Gasteiger partial charge in [0.15, 0.2) is 6.29 Å². The average Bonchev–Trinajstić information content (AvgIpc) is 2.45. The van der Waals surface area contributed by atoms with Crippen molar-refractivity contribution in [2.45, 2.75) is 10.6 Å². The van der Waals surface area contributed by atoms with Crippen LogP contribution < -0.4 is 0 Å². The Morgan fingerprint density at radius 3 is 2.53 bits per heavy atom. The fraction of sp³-hybridized carbons (Fsp3) is 0.0667. The van der Waals surface area contributed by atoms with Crippen LogP contribution in [0.25, 0.3) is 0 Å². The highest BCUT2D eigenvalue weighted by Gasteiger charge is 2.10. The molecule has 0 saturated heterocycles. The van der Waals surface area contributed by atoms with Crippen molar-refractivity contribution < 1.29 is 14.7 Å². The second kappa shape index (κ2) is 6.20. The standard InChI is InChI=1S/C15H12O3S/c16-9-11-5-2-4-8-14(11)19-10-12-6-1-3-7-13(12)15(17)18/h1-9H,10H2,(H,17,18). The monoisotopic (exact) mass is 272 g/mol. The van der Waals surface area contributed by atoms with Crippen LogP contribution >= 0.6 is 11.8 Å². The molecule has 0 unspecified atom stereocenters. The molecule has 3 nitrogen and oxygen atoms in total. The fourth-order valence-electron chi connectivity index (χ4n) is 1.72. The summed E-state index contributed by atoms with van der Waals surface area (Å²) in [4.78, 5) is 22.9. The molecule has 0 amide bonds. The molecule has 0 aliphatic rings. The van der Waals surface area contributed by atoms with Gasteiger partial charge < -0.3 is 5.11 Å². The van der Waals surface area contributed by atoms with Gasteiger partial charge in [-0.1, -0.05) is 36.4 Å². The van der Waals surface area contributed by atoms with E-state index in [1.54, 1.807) is 30.3 Å². The Kier molecular flexibility index (Phi) is 4.36. The van der Waals surface area contributed by atoms with Gasteiger partial charge in [0.05, 0.1) is 5.56 Å². The van der Waals surface area contributed by atoms with Crippen LogP contribution in [0.3, 0.4) is 0 Å². The van der Waals surface area contributed by atoms with E-state index < -0.39 is 5.97 Å². The SMILES string of the molecule is O=Cc1ccccc1SCc1ccccc1C(=O)O. The summed E-state index contributed by atoms with van der Waals surface area (Å²) in [5, 5.41) is 9.10. The van der Waals surface area contributed by atoms with Crippen molar-refractivity contribution in [3.8, 4) is 0 Å². The molecule has 0 aliphatic heterocycles. The van der Waals surface area contributed by atoms with Crippen LogP contribution in [0.15, 0.2) is 53.4 Å². The minimum absolute atomic E-state index is 0.304. The third-order valence-corrected chi connectivity index (χ3v) is 3.82. The molecule has 4 heteroatoms. The first-order valence-corrected chi connectivity index (χ1v) is 6.69. The molecule has 0 saturated carbocycles. The van der Waals surface area contributed by atoms with Crippen LogP contribution in [-0.4, -0.2) is 17.4 Å². The van der Waals surface area contributed by atoms with Crippen molar-refractivity contribution in [2.24, 2.45) is 0 Å². The maximum atomic E-state index is 11.1. The van der Waals surface area contributed by atoms with E-state index in [0.29, 0.717) is 16.9 Å². The van der Waals surface area contributed by atoms with Crippen molar-refractivity contribution in [2.75, 3.05) is 0 Å². The molecule has 0 aromatic heterocycles. The highest BCUT2D eigenvalue weighted by molar-refractivity contribution is 7.98. The van der Waals surface area contributed by atoms with E-state index >= 15 is 0 Å². The second-order valence-corrected chi connectivity index (χ2v) is 4.92. The zero-order valence-corrected chi connectivity index (χ0v) is 10.9. The number of carbonyl (C=O) groups is 2. The van der Waals surface area contributed by atoms with Gasteiger partial charge in [0.2, 0.25) is 0 Å². The highest BCUT2D eigenvalue weighted by atomic mass is 32.2. The molecule has 96 valence electrons. The molecule has 0 bridgehead atoms. The van der Waals surface area contributed by atoms with E-state index in [1.165, 1.54) is 11.8 Å². The summed E-state index contributed by atoms with van der Waals surface area (Å²) < 4.78 is 0. The van der Waals surface area contributed by atoms with E-state index in [-0.39, 0.29) is 0 Å². The van der Waals surface area contributed by atoms with Crippen molar-refractivity contribution in [3.63, 3.8) is 0 Å². The zero-order chi connectivity index (χ0) is 13.7. The summed E-state index contributed by atoms with van der Waals surface area (Å²) in [6.45, 7) is 0. The van der Waals surface area contributed by atoms with Gasteiger partial charge in [0.25, 0.3) is 0 Å². The summed E-state index contributed by atoms with van der Waals surface area (Å²) in [7, 11) is 0. The van der Waals surface area contributed by atoms with Gasteiger partial charge in [0, 0.05) is 16.2 Å². The zero-order valence-electron chi connectivity index (χ0n) is 10.1. The predicted octanol–water partition coefficient (Wildman–Crippen LogP) is 3.49. The second-order valence-electron chi connectivity index (χ2n) is 3.91. The average molecular weight is 272 g/mol. The smallest absolute Gasteiger partial charge is 0.335 e. The van der Waals surface area contributed by atoms with Gasteiger partial charge in [0.1, 0.15) is 0 Å².